The molecule has 1 N–H and O–H groups in total. The van der Waals surface area contributed by atoms with Crippen molar-refractivity contribution in [1.82, 2.24) is 4.98 Å². The molecular weight excluding hydrogens is 268 g/mol. The zero-order chi connectivity index (χ0) is 15.6. The molecule has 5 heteroatoms. The van der Waals surface area contributed by atoms with Crippen LogP contribution in [0.25, 0.3) is 10.9 Å². The Hall–Kier alpha value is -2.17. The standard InChI is InChI=1S/C16H22N2O3/c1-7-10-9(2)18-11-8-12(19-4)15(20-5)16(21-6)13(11)14(10)17-3/h8H,7H2,1-6H3,(H,17,18). The SMILES string of the molecule is CCc1c(C)nc2cc(OC)c(OC)c(OC)c2c1NC. The van der Waals surface area contributed by atoms with Gasteiger partial charge in [0, 0.05) is 18.8 Å². The second-order valence-electron chi connectivity index (χ2n) is 4.69. The Morgan fingerprint density at radius 2 is 1.76 bits per heavy atom. The number of fused-ring (bicyclic) bond motifs is 1. The zero-order valence-electron chi connectivity index (χ0n) is 13.5. The van der Waals surface area contributed by atoms with Gasteiger partial charge in [0.15, 0.2) is 11.5 Å². The van der Waals surface area contributed by atoms with E-state index in [4.69, 9.17) is 19.2 Å². The minimum absolute atomic E-state index is 0.580. The van der Waals surface area contributed by atoms with Crippen LogP contribution in [0.1, 0.15) is 18.2 Å². The Morgan fingerprint density at radius 3 is 2.24 bits per heavy atom. The molecular formula is C16H22N2O3. The van der Waals surface area contributed by atoms with E-state index < -0.39 is 0 Å². The summed E-state index contributed by atoms with van der Waals surface area (Å²) in [5.41, 5.74) is 4.03. The minimum Gasteiger partial charge on any atom is -0.493 e. The van der Waals surface area contributed by atoms with Crippen molar-refractivity contribution < 1.29 is 14.2 Å². The molecule has 114 valence electrons. The van der Waals surface area contributed by atoms with Crippen molar-refractivity contribution in [3.8, 4) is 17.2 Å². The molecule has 0 aliphatic rings. The molecule has 0 aliphatic heterocycles. The van der Waals surface area contributed by atoms with Crippen molar-refractivity contribution >= 4 is 16.6 Å². The molecule has 2 rings (SSSR count). The lowest BCUT2D eigenvalue weighted by molar-refractivity contribution is 0.327. The summed E-state index contributed by atoms with van der Waals surface area (Å²) >= 11 is 0. The first kappa shape index (κ1) is 15.2. The Morgan fingerprint density at radius 1 is 1.10 bits per heavy atom. The van der Waals surface area contributed by atoms with Crippen LogP contribution in [0.4, 0.5) is 5.69 Å². The third kappa shape index (κ3) is 2.33. The molecule has 1 heterocycles. The van der Waals surface area contributed by atoms with E-state index in [9.17, 15) is 0 Å². The van der Waals surface area contributed by atoms with E-state index >= 15 is 0 Å². The summed E-state index contributed by atoms with van der Waals surface area (Å²) in [5, 5.41) is 4.19. The summed E-state index contributed by atoms with van der Waals surface area (Å²) in [7, 11) is 6.74. The fourth-order valence-electron chi connectivity index (χ4n) is 2.76. The Bertz CT molecular complexity index is 669. The van der Waals surface area contributed by atoms with Crippen LogP contribution in [-0.4, -0.2) is 33.4 Å². The maximum Gasteiger partial charge on any atom is 0.204 e. The molecule has 0 unspecified atom stereocenters. The molecule has 0 aliphatic carbocycles. The predicted molar refractivity (Wildman–Crippen MR) is 85.1 cm³/mol. The number of nitrogens with one attached hydrogen (secondary N) is 1. The number of hydrogen-bond donors (Lipinski definition) is 1. The van der Waals surface area contributed by atoms with Gasteiger partial charge >= 0.3 is 0 Å². The van der Waals surface area contributed by atoms with Crippen molar-refractivity contribution in [2.24, 2.45) is 0 Å². The van der Waals surface area contributed by atoms with Gasteiger partial charge in [0.2, 0.25) is 5.75 Å². The van der Waals surface area contributed by atoms with E-state index in [1.807, 2.05) is 20.0 Å². The van der Waals surface area contributed by atoms with E-state index in [0.717, 1.165) is 28.7 Å². The molecule has 0 amide bonds. The van der Waals surface area contributed by atoms with Gasteiger partial charge < -0.3 is 19.5 Å². The van der Waals surface area contributed by atoms with Crippen LogP contribution in [-0.2, 0) is 6.42 Å². The normalized spacial score (nSPS) is 10.6. The molecule has 0 radical (unpaired) electrons. The second-order valence-corrected chi connectivity index (χ2v) is 4.69. The van der Waals surface area contributed by atoms with Gasteiger partial charge in [-0.1, -0.05) is 6.92 Å². The van der Waals surface area contributed by atoms with Gasteiger partial charge in [-0.2, -0.15) is 0 Å². The van der Waals surface area contributed by atoms with Crippen molar-refractivity contribution in [2.45, 2.75) is 20.3 Å². The average Bonchev–Trinajstić information content (AvgIpc) is 2.51. The second kappa shape index (κ2) is 6.08. The monoisotopic (exact) mass is 290 g/mol. The van der Waals surface area contributed by atoms with Gasteiger partial charge in [-0.25, -0.2) is 0 Å². The van der Waals surface area contributed by atoms with Gasteiger partial charge in [-0.3, -0.25) is 4.98 Å². The summed E-state index contributed by atoms with van der Waals surface area (Å²) in [5.74, 6) is 1.83. The first-order valence-electron chi connectivity index (χ1n) is 6.92. The predicted octanol–water partition coefficient (Wildman–Crippen LogP) is 3.17. The molecule has 0 saturated carbocycles. The number of methoxy groups -OCH3 is 3. The quantitative estimate of drug-likeness (QED) is 0.916. The van der Waals surface area contributed by atoms with Crippen LogP contribution in [0.15, 0.2) is 6.07 Å². The van der Waals surface area contributed by atoms with Crippen molar-refractivity contribution in [3.63, 3.8) is 0 Å². The summed E-state index contributed by atoms with van der Waals surface area (Å²) in [4.78, 5) is 4.69. The van der Waals surface area contributed by atoms with E-state index in [0.29, 0.717) is 17.2 Å². The smallest absolute Gasteiger partial charge is 0.204 e. The number of pyridine rings is 1. The summed E-state index contributed by atoms with van der Waals surface area (Å²) < 4.78 is 16.4. The molecule has 1 aromatic heterocycles. The molecule has 5 nitrogen and oxygen atoms in total. The highest BCUT2D eigenvalue weighted by molar-refractivity contribution is 6.01. The van der Waals surface area contributed by atoms with E-state index in [-0.39, 0.29) is 0 Å². The first-order valence-corrected chi connectivity index (χ1v) is 6.92. The zero-order valence-corrected chi connectivity index (χ0v) is 13.5. The lowest BCUT2D eigenvalue weighted by atomic mass is 10.0. The van der Waals surface area contributed by atoms with Gasteiger partial charge in [0.1, 0.15) is 0 Å². The number of hydrogen-bond acceptors (Lipinski definition) is 5. The topological polar surface area (TPSA) is 52.6 Å². The molecule has 0 bridgehead atoms. The van der Waals surface area contributed by atoms with E-state index in [1.54, 1.807) is 21.3 Å². The molecule has 21 heavy (non-hydrogen) atoms. The Kier molecular flexibility index (Phi) is 4.40. The van der Waals surface area contributed by atoms with Crippen molar-refractivity contribution in [3.05, 3.63) is 17.3 Å². The molecule has 0 spiro atoms. The number of anilines is 1. The van der Waals surface area contributed by atoms with E-state index in [1.165, 1.54) is 5.56 Å². The number of rotatable bonds is 5. The highest BCUT2D eigenvalue weighted by Crippen LogP contribution is 2.46. The molecule has 0 atom stereocenters. The van der Waals surface area contributed by atoms with Gasteiger partial charge in [-0.15, -0.1) is 0 Å². The van der Waals surface area contributed by atoms with Crippen LogP contribution < -0.4 is 19.5 Å². The van der Waals surface area contributed by atoms with Gasteiger partial charge in [-0.05, 0) is 18.9 Å². The number of nitrogens with zero attached hydrogens (tertiary/aromatic N) is 1. The van der Waals surface area contributed by atoms with Crippen LogP contribution in [0, 0.1) is 6.92 Å². The molecule has 0 fully saturated rings. The van der Waals surface area contributed by atoms with Crippen molar-refractivity contribution in [2.75, 3.05) is 33.7 Å². The highest BCUT2D eigenvalue weighted by atomic mass is 16.5. The van der Waals surface area contributed by atoms with Crippen LogP contribution in [0.5, 0.6) is 17.2 Å². The number of ether oxygens (including phenoxy) is 3. The lowest BCUT2D eigenvalue weighted by Gasteiger charge is -2.19. The Balaban J connectivity index is 2.99. The number of aromatic nitrogens is 1. The van der Waals surface area contributed by atoms with Gasteiger partial charge in [0.05, 0.1) is 37.9 Å². The lowest BCUT2D eigenvalue weighted by Crippen LogP contribution is -2.04. The third-order valence-electron chi connectivity index (χ3n) is 3.69. The third-order valence-corrected chi connectivity index (χ3v) is 3.69. The van der Waals surface area contributed by atoms with E-state index in [2.05, 4.69) is 12.2 Å². The summed E-state index contributed by atoms with van der Waals surface area (Å²) in [6.45, 7) is 4.13. The maximum atomic E-state index is 5.59. The first-order chi connectivity index (χ1) is 10.1. The summed E-state index contributed by atoms with van der Waals surface area (Å²) in [6.07, 6.45) is 0.891. The minimum atomic E-state index is 0.580. The fraction of sp³-hybridized carbons (Fsp3) is 0.438. The average molecular weight is 290 g/mol. The fourth-order valence-corrected chi connectivity index (χ4v) is 2.76. The highest BCUT2D eigenvalue weighted by Gasteiger charge is 2.21. The van der Waals surface area contributed by atoms with Crippen LogP contribution in [0.3, 0.4) is 0 Å². The Labute approximate surface area is 125 Å². The molecule has 1 aromatic carbocycles. The number of benzene rings is 1. The summed E-state index contributed by atoms with van der Waals surface area (Å²) in [6, 6.07) is 1.88. The van der Waals surface area contributed by atoms with Crippen LogP contribution >= 0.6 is 0 Å². The maximum absolute atomic E-state index is 5.59. The molecule has 2 aromatic rings. The van der Waals surface area contributed by atoms with Gasteiger partial charge in [0.25, 0.3) is 0 Å². The number of aryl methyl sites for hydroxylation is 1. The van der Waals surface area contributed by atoms with Crippen LogP contribution in [0.2, 0.25) is 0 Å². The molecule has 0 saturated heterocycles. The van der Waals surface area contributed by atoms with Crippen molar-refractivity contribution in [1.29, 1.82) is 0 Å². The largest absolute Gasteiger partial charge is 0.493 e.